The van der Waals surface area contributed by atoms with Crippen molar-refractivity contribution >= 4 is 11.6 Å². The maximum Gasteiger partial charge on any atom is 0.219 e. The first kappa shape index (κ1) is 12.9. The quantitative estimate of drug-likeness (QED) is 0.919. The molecule has 0 aliphatic rings. The fourth-order valence-corrected chi connectivity index (χ4v) is 1.82. The summed E-state index contributed by atoms with van der Waals surface area (Å²) < 4.78 is 5.68. The molecule has 3 nitrogen and oxygen atoms in total. The summed E-state index contributed by atoms with van der Waals surface area (Å²) in [6.07, 6.45) is 0. The Kier molecular flexibility index (Phi) is 3.84. The van der Waals surface area contributed by atoms with Gasteiger partial charge < -0.3 is 9.84 Å². The molecule has 0 atom stereocenters. The number of benzene rings is 1. The Bertz CT molecular complexity index is 570. The number of rotatable bonds is 3. The summed E-state index contributed by atoms with van der Waals surface area (Å²) in [5, 5.41) is 9.53. The Morgan fingerprint density at radius 2 is 2.00 bits per heavy atom. The predicted molar refractivity (Wildman–Crippen MR) is 71.2 cm³/mol. The molecule has 0 saturated heterocycles. The Balaban J connectivity index is 2.28. The highest BCUT2D eigenvalue weighted by Gasteiger charge is 2.06. The summed E-state index contributed by atoms with van der Waals surface area (Å²) in [6.45, 7) is 3.80. The lowest BCUT2D eigenvalue weighted by atomic mass is 10.1. The first-order chi connectivity index (χ1) is 8.60. The van der Waals surface area contributed by atoms with Crippen molar-refractivity contribution in [1.29, 1.82) is 0 Å². The number of nitrogens with zero attached hydrogens (tertiary/aromatic N) is 1. The van der Waals surface area contributed by atoms with E-state index in [1.54, 1.807) is 12.1 Å². The van der Waals surface area contributed by atoms with E-state index in [1.807, 2.05) is 32.0 Å². The van der Waals surface area contributed by atoms with Crippen LogP contribution in [-0.4, -0.2) is 10.1 Å². The maximum atomic E-state index is 9.10. The molecule has 2 rings (SSSR count). The second-order valence-corrected chi connectivity index (χ2v) is 4.51. The standard InChI is InChI=1S/C14H14ClNO2/c1-9-3-5-13(10(2)7-9)18-14-6-4-11(15)12(8-17)16-14/h3-7,17H,8H2,1-2H3. The van der Waals surface area contributed by atoms with Gasteiger partial charge in [-0.2, -0.15) is 0 Å². The molecule has 4 heteroatoms. The van der Waals surface area contributed by atoms with Gasteiger partial charge in [0.1, 0.15) is 5.75 Å². The zero-order valence-electron chi connectivity index (χ0n) is 10.3. The van der Waals surface area contributed by atoms with Gasteiger partial charge in [0.05, 0.1) is 17.3 Å². The number of aromatic nitrogens is 1. The molecule has 0 bridgehead atoms. The summed E-state index contributed by atoms with van der Waals surface area (Å²) in [5.41, 5.74) is 2.64. The Morgan fingerprint density at radius 1 is 1.22 bits per heavy atom. The zero-order valence-corrected chi connectivity index (χ0v) is 11.0. The van der Waals surface area contributed by atoms with Crippen molar-refractivity contribution in [2.24, 2.45) is 0 Å². The highest BCUT2D eigenvalue weighted by molar-refractivity contribution is 6.31. The van der Waals surface area contributed by atoms with Crippen molar-refractivity contribution in [3.8, 4) is 11.6 Å². The molecule has 0 aliphatic heterocycles. The van der Waals surface area contributed by atoms with E-state index in [4.69, 9.17) is 21.4 Å². The Labute approximate surface area is 111 Å². The van der Waals surface area contributed by atoms with Crippen LogP contribution in [0.3, 0.4) is 0 Å². The van der Waals surface area contributed by atoms with Gasteiger partial charge in [0, 0.05) is 6.07 Å². The molecule has 0 spiro atoms. The third-order valence-corrected chi connectivity index (χ3v) is 2.93. The average Bonchev–Trinajstić information content (AvgIpc) is 2.35. The molecule has 1 aromatic carbocycles. The largest absolute Gasteiger partial charge is 0.439 e. The normalized spacial score (nSPS) is 10.4. The van der Waals surface area contributed by atoms with Gasteiger partial charge in [-0.3, -0.25) is 0 Å². The lowest BCUT2D eigenvalue weighted by Gasteiger charge is -2.09. The van der Waals surface area contributed by atoms with Gasteiger partial charge in [-0.25, -0.2) is 4.98 Å². The highest BCUT2D eigenvalue weighted by Crippen LogP contribution is 2.26. The van der Waals surface area contributed by atoms with Gasteiger partial charge in [-0.1, -0.05) is 29.3 Å². The van der Waals surface area contributed by atoms with Crippen LogP contribution in [0.4, 0.5) is 0 Å². The molecule has 1 heterocycles. The topological polar surface area (TPSA) is 42.4 Å². The summed E-state index contributed by atoms with van der Waals surface area (Å²) in [4.78, 5) is 4.15. The van der Waals surface area contributed by atoms with Crippen molar-refractivity contribution < 1.29 is 9.84 Å². The molecular formula is C14H14ClNO2. The van der Waals surface area contributed by atoms with E-state index in [2.05, 4.69) is 4.98 Å². The molecule has 1 aromatic heterocycles. The molecule has 2 aromatic rings. The lowest BCUT2D eigenvalue weighted by Crippen LogP contribution is -1.95. The third-order valence-electron chi connectivity index (χ3n) is 2.59. The van der Waals surface area contributed by atoms with Crippen molar-refractivity contribution in [2.75, 3.05) is 0 Å². The van der Waals surface area contributed by atoms with Crippen molar-refractivity contribution in [3.05, 3.63) is 52.2 Å². The molecule has 0 unspecified atom stereocenters. The van der Waals surface area contributed by atoms with E-state index in [9.17, 15) is 0 Å². The summed E-state index contributed by atoms with van der Waals surface area (Å²) in [6, 6.07) is 9.27. The lowest BCUT2D eigenvalue weighted by molar-refractivity contribution is 0.275. The average molecular weight is 264 g/mol. The molecule has 0 amide bonds. The number of ether oxygens (including phenoxy) is 1. The van der Waals surface area contributed by atoms with Crippen LogP contribution in [0.5, 0.6) is 11.6 Å². The van der Waals surface area contributed by atoms with E-state index < -0.39 is 0 Å². The summed E-state index contributed by atoms with van der Waals surface area (Å²) in [5.74, 6) is 1.18. The number of hydrogen-bond acceptors (Lipinski definition) is 3. The second kappa shape index (κ2) is 5.38. The number of aliphatic hydroxyl groups excluding tert-OH is 1. The van der Waals surface area contributed by atoms with Gasteiger partial charge in [0.2, 0.25) is 5.88 Å². The van der Waals surface area contributed by atoms with Gasteiger partial charge in [-0.15, -0.1) is 0 Å². The van der Waals surface area contributed by atoms with Crippen LogP contribution in [0.1, 0.15) is 16.8 Å². The molecule has 0 saturated carbocycles. The third kappa shape index (κ3) is 2.81. The molecule has 94 valence electrons. The number of aliphatic hydroxyl groups is 1. The van der Waals surface area contributed by atoms with Crippen molar-refractivity contribution in [3.63, 3.8) is 0 Å². The summed E-state index contributed by atoms with van der Waals surface area (Å²) >= 11 is 5.87. The maximum absolute atomic E-state index is 9.10. The van der Waals surface area contributed by atoms with Gasteiger partial charge in [0.25, 0.3) is 0 Å². The van der Waals surface area contributed by atoms with Crippen molar-refractivity contribution in [2.45, 2.75) is 20.5 Å². The van der Waals surface area contributed by atoms with E-state index >= 15 is 0 Å². The number of hydrogen-bond donors (Lipinski definition) is 1. The van der Waals surface area contributed by atoms with Crippen LogP contribution in [0.25, 0.3) is 0 Å². The Morgan fingerprint density at radius 3 is 2.67 bits per heavy atom. The first-order valence-electron chi connectivity index (χ1n) is 5.61. The van der Waals surface area contributed by atoms with Crippen molar-refractivity contribution in [1.82, 2.24) is 4.98 Å². The molecule has 1 N–H and O–H groups in total. The smallest absolute Gasteiger partial charge is 0.219 e. The minimum absolute atomic E-state index is 0.205. The minimum Gasteiger partial charge on any atom is -0.439 e. The van der Waals surface area contributed by atoms with E-state index in [-0.39, 0.29) is 6.61 Å². The molecule has 0 fully saturated rings. The van der Waals surface area contributed by atoms with Gasteiger partial charge in [-0.05, 0) is 31.5 Å². The fourth-order valence-electron chi connectivity index (χ4n) is 1.66. The number of halogens is 1. The van der Waals surface area contributed by atoms with Crippen LogP contribution >= 0.6 is 11.6 Å². The molecule has 18 heavy (non-hydrogen) atoms. The second-order valence-electron chi connectivity index (χ2n) is 4.11. The van der Waals surface area contributed by atoms with Crippen LogP contribution in [-0.2, 0) is 6.61 Å². The SMILES string of the molecule is Cc1ccc(Oc2ccc(Cl)c(CO)n2)c(C)c1. The van der Waals surface area contributed by atoms with Gasteiger partial charge in [0.15, 0.2) is 0 Å². The van der Waals surface area contributed by atoms with Gasteiger partial charge >= 0.3 is 0 Å². The first-order valence-corrected chi connectivity index (χ1v) is 5.99. The van der Waals surface area contributed by atoms with Crippen LogP contribution in [0.15, 0.2) is 30.3 Å². The predicted octanol–water partition coefficient (Wildman–Crippen LogP) is 3.64. The van der Waals surface area contributed by atoms with E-state index in [1.165, 1.54) is 5.56 Å². The van der Waals surface area contributed by atoms with Crippen LogP contribution in [0.2, 0.25) is 5.02 Å². The Hall–Kier alpha value is -1.58. The minimum atomic E-state index is -0.205. The molecular weight excluding hydrogens is 250 g/mol. The summed E-state index contributed by atoms with van der Waals surface area (Å²) in [7, 11) is 0. The monoisotopic (exact) mass is 263 g/mol. The fraction of sp³-hybridized carbons (Fsp3) is 0.214. The molecule has 0 radical (unpaired) electrons. The zero-order chi connectivity index (χ0) is 13.1. The number of pyridine rings is 1. The van der Waals surface area contributed by atoms with E-state index in [0.29, 0.717) is 16.6 Å². The van der Waals surface area contributed by atoms with Crippen LogP contribution < -0.4 is 4.74 Å². The van der Waals surface area contributed by atoms with Crippen LogP contribution in [0, 0.1) is 13.8 Å². The number of aryl methyl sites for hydroxylation is 2. The molecule has 0 aliphatic carbocycles. The highest BCUT2D eigenvalue weighted by atomic mass is 35.5. The van der Waals surface area contributed by atoms with E-state index in [0.717, 1.165) is 11.3 Å².